The fourth-order valence-corrected chi connectivity index (χ4v) is 2.48. The molecule has 2 fully saturated rings. The first-order chi connectivity index (χ1) is 8.84. The van der Waals surface area contributed by atoms with E-state index in [9.17, 15) is 4.79 Å². The first kappa shape index (κ1) is 11.7. The lowest BCUT2D eigenvalue weighted by Gasteiger charge is -2.30. The maximum absolute atomic E-state index is 12.4. The van der Waals surface area contributed by atoms with Crippen LogP contribution in [0.4, 0.5) is 5.69 Å². The number of anilines is 1. The van der Waals surface area contributed by atoms with Gasteiger partial charge in [0, 0.05) is 44.8 Å². The number of piperazine rings is 1. The van der Waals surface area contributed by atoms with Crippen LogP contribution in [0, 0.1) is 5.92 Å². The van der Waals surface area contributed by atoms with E-state index in [-0.39, 0.29) is 5.56 Å². The molecule has 0 unspecified atom stereocenters. The van der Waals surface area contributed by atoms with Gasteiger partial charge < -0.3 is 19.5 Å². The van der Waals surface area contributed by atoms with Gasteiger partial charge in [-0.15, -0.1) is 0 Å². The van der Waals surface area contributed by atoms with Gasteiger partial charge in [0.15, 0.2) is 0 Å². The molecular formula is C13H19N3O2. The molecule has 0 bridgehead atoms. The molecule has 0 aromatic carbocycles. The van der Waals surface area contributed by atoms with Crippen LogP contribution in [-0.2, 0) is 11.3 Å². The molecule has 0 saturated carbocycles. The summed E-state index contributed by atoms with van der Waals surface area (Å²) >= 11 is 0. The van der Waals surface area contributed by atoms with Crippen molar-refractivity contribution < 1.29 is 4.74 Å². The molecule has 5 heteroatoms. The number of ether oxygens (including phenoxy) is 1. The van der Waals surface area contributed by atoms with Gasteiger partial charge in [-0.05, 0) is 12.1 Å². The van der Waals surface area contributed by atoms with E-state index in [2.05, 4.69) is 10.2 Å². The van der Waals surface area contributed by atoms with Gasteiger partial charge in [0.25, 0.3) is 5.56 Å². The Labute approximate surface area is 106 Å². The van der Waals surface area contributed by atoms with E-state index in [1.54, 1.807) is 0 Å². The van der Waals surface area contributed by atoms with Gasteiger partial charge in [-0.25, -0.2) is 0 Å². The van der Waals surface area contributed by atoms with E-state index >= 15 is 0 Å². The van der Waals surface area contributed by atoms with Gasteiger partial charge in [0.2, 0.25) is 0 Å². The van der Waals surface area contributed by atoms with Crippen molar-refractivity contribution in [3.05, 3.63) is 28.7 Å². The molecule has 0 atom stereocenters. The quantitative estimate of drug-likeness (QED) is 0.813. The number of nitrogens with zero attached hydrogens (tertiary/aromatic N) is 2. The van der Waals surface area contributed by atoms with Crippen LogP contribution in [0.25, 0.3) is 0 Å². The monoisotopic (exact) mass is 249 g/mol. The SMILES string of the molecule is O=c1c(N2CCNCC2)cccn1CC1COC1. The lowest BCUT2D eigenvalue weighted by molar-refractivity contribution is -0.0397. The Hall–Kier alpha value is -1.33. The van der Waals surface area contributed by atoms with Crippen LogP contribution in [0.2, 0.25) is 0 Å². The van der Waals surface area contributed by atoms with Gasteiger partial charge in [-0.2, -0.15) is 0 Å². The molecule has 0 aliphatic carbocycles. The lowest BCUT2D eigenvalue weighted by Crippen LogP contribution is -2.46. The van der Waals surface area contributed by atoms with Crippen molar-refractivity contribution in [3.63, 3.8) is 0 Å². The molecule has 2 aliphatic heterocycles. The Morgan fingerprint density at radius 3 is 2.78 bits per heavy atom. The van der Waals surface area contributed by atoms with Crippen LogP contribution in [0.5, 0.6) is 0 Å². The van der Waals surface area contributed by atoms with E-state index in [1.807, 2.05) is 22.9 Å². The van der Waals surface area contributed by atoms with Crippen molar-refractivity contribution in [2.24, 2.45) is 5.92 Å². The van der Waals surface area contributed by atoms with E-state index in [0.29, 0.717) is 5.92 Å². The van der Waals surface area contributed by atoms with Crippen molar-refractivity contribution in [2.75, 3.05) is 44.3 Å². The number of aromatic nitrogens is 1. The van der Waals surface area contributed by atoms with Crippen LogP contribution < -0.4 is 15.8 Å². The summed E-state index contributed by atoms with van der Waals surface area (Å²) in [6.07, 6.45) is 1.88. The molecule has 1 aromatic rings. The Morgan fingerprint density at radius 2 is 2.11 bits per heavy atom. The molecule has 2 aliphatic rings. The van der Waals surface area contributed by atoms with Crippen molar-refractivity contribution in [1.82, 2.24) is 9.88 Å². The summed E-state index contributed by atoms with van der Waals surface area (Å²) in [6.45, 7) is 6.06. The maximum Gasteiger partial charge on any atom is 0.274 e. The average Bonchev–Trinajstić information content (AvgIpc) is 2.36. The van der Waals surface area contributed by atoms with Gasteiger partial charge in [-0.1, -0.05) is 0 Å². The second kappa shape index (κ2) is 5.12. The smallest absolute Gasteiger partial charge is 0.274 e. The zero-order chi connectivity index (χ0) is 12.4. The summed E-state index contributed by atoms with van der Waals surface area (Å²) < 4.78 is 6.98. The fraction of sp³-hybridized carbons (Fsp3) is 0.615. The van der Waals surface area contributed by atoms with Gasteiger partial charge in [-0.3, -0.25) is 4.79 Å². The van der Waals surface area contributed by atoms with Crippen molar-refractivity contribution in [1.29, 1.82) is 0 Å². The second-order valence-electron chi connectivity index (χ2n) is 4.99. The molecule has 3 rings (SSSR count). The van der Waals surface area contributed by atoms with Crippen LogP contribution in [0.15, 0.2) is 23.1 Å². The first-order valence-corrected chi connectivity index (χ1v) is 6.57. The Morgan fingerprint density at radius 1 is 1.33 bits per heavy atom. The Kier molecular flexibility index (Phi) is 3.34. The largest absolute Gasteiger partial charge is 0.381 e. The van der Waals surface area contributed by atoms with Crippen LogP contribution in [0.1, 0.15) is 0 Å². The van der Waals surface area contributed by atoms with Crippen LogP contribution in [0.3, 0.4) is 0 Å². The second-order valence-corrected chi connectivity index (χ2v) is 4.99. The number of nitrogens with one attached hydrogen (secondary N) is 1. The molecule has 18 heavy (non-hydrogen) atoms. The highest BCUT2D eigenvalue weighted by atomic mass is 16.5. The van der Waals surface area contributed by atoms with Crippen molar-refractivity contribution in [2.45, 2.75) is 6.54 Å². The minimum Gasteiger partial charge on any atom is -0.381 e. The van der Waals surface area contributed by atoms with Crippen molar-refractivity contribution in [3.8, 4) is 0 Å². The molecule has 1 N–H and O–H groups in total. The van der Waals surface area contributed by atoms with Gasteiger partial charge in [0.1, 0.15) is 5.69 Å². The third-order valence-corrected chi connectivity index (χ3v) is 3.62. The summed E-state index contributed by atoms with van der Waals surface area (Å²) in [4.78, 5) is 14.6. The highest BCUT2D eigenvalue weighted by Crippen LogP contribution is 2.13. The first-order valence-electron chi connectivity index (χ1n) is 6.57. The van der Waals surface area contributed by atoms with Crippen LogP contribution in [-0.4, -0.2) is 44.0 Å². The Balaban J connectivity index is 1.80. The fourth-order valence-electron chi connectivity index (χ4n) is 2.48. The minimum absolute atomic E-state index is 0.131. The summed E-state index contributed by atoms with van der Waals surface area (Å²) in [5.74, 6) is 0.501. The number of hydrogen-bond acceptors (Lipinski definition) is 4. The van der Waals surface area contributed by atoms with E-state index in [4.69, 9.17) is 4.74 Å². The third kappa shape index (κ3) is 2.28. The standard InChI is InChI=1S/C13H19N3O2/c17-13-12(15-6-3-14-4-7-15)2-1-5-16(13)8-11-9-18-10-11/h1-2,5,11,14H,3-4,6-10H2. The van der Waals surface area contributed by atoms with Crippen LogP contribution >= 0.6 is 0 Å². The predicted octanol–water partition coefficient (Wildman–Crippen LogP) is -0.0957. The zero-order valence-electron chi connectivity index (χ0n) is 10.5. The Bertz CT molecular complexity index is 462. The predicted molar refractivity (Wildman–Crippen MR) is 70.1 cm³/mol. The number of hydrogen-bond donors (Lipinski definition) is 1. The molecule has 2 saturated heterocycles. The van der Waals surface area contributed by atoms with Gasteiger partial charge >= 0.3 is 0 Å². The summed E-state index contributed by atoms with van der Waals surface area (Å²) in [5.41, 5.74) is 0.963. The van der Waals surface area contributed by atoms with E-state index in [0.717, 1.165) is 51.6 Å². The maximum atomic E-state index is 12.4. The summed E-state index contributed by atoms with van der Waals surface area (Å²) in [5, 5.41) is 3.30. The van der Waals surface area contributed by atoms with Gasteiger partial charge in [0.05, 0.1) is 13.2 Å². The third-order valence-electron chi connectivity index (χ3n) is 3.62. The molecule has 3 heterocycles. The molecule has 98 valence electrons. The molecule has 0 radical (unpaired) electrons. The summed E-state index contributed by atoms with van der Waals surface area (Å²) in [7, 11) is 0. The van der Waals surface area contributed by atoms with E-state index in [1.165, 1.54) is 0 Å². The topological polar surface area (TPSA) is 46.5 Å². The molecular weight excluding hydrogens is 230 g/mol. The average molecular weight is 249 g/mol. The number of pyridine rings is 1. The molecule has 5 nitrogen and oxygen atoms in total. The molecule has 0 amide bonds. The molecule has 1 aromatic heterocycles. The summed E-state index contributed by atoms with van der Waals surface area (Å²) in [6, 6.07) is 3.90. The highest BCUT2D eigenvalue weighted by Gasteiger charge is 2.20. The normalized spacial score (nSPS) is 20.8. The zero-order valence-corrected chi connectivity index (χ0v) is 10.5. The van der Waals surface area contributed by atoms with E-state index < -0.39 is 0 Å². The minimum atomic E-state index is 0.131. The van der Waals surface area contributed by atoms with Crippen molar-refractivity contribution >= 4 is 5.69 Å². The number of rotatable bonds is 3. The lowest BCUT2D eigenvalue weighted by atomic mass is 10.1. The highest BCUT2D eigenvalue weighted by molar-refractivity contribution is 5.44. The molecule has 0 spiro atoms.